The second-order valence-electron chi connectivity index (χ2n) is 4.62. The van der Waals surface area contributed by atoms with Gasteiger partial charge in [-0.15, -0.1) is 0 Å². The van der Waals surface area contributed by atoms with Crippen molar-refractivity contribution in [2.24, 2.45) is 0 Å². The number of likely N-dealkylation sites (N-methyl/N-ethyl adjacent to an activating group) is 1. The van der Waals surface area contributed by atoms with E-state index >= 15 is 0 Å². The van der Waals surface area contributed by atoms with Crippen molar-refractivity contribution in [2.75, 3.05) is 37.7 Å². The van der Waals surface area contributed by atoms with E-state index in [0.29, 0.717) is 28.4 Å². The van der Waals surface area contributed by atoms with Gasteiger partial charge in [0.25, 0.3) is 0 Å². The summed E-state index contributed by atoms with van der Waals surface area (Å²) < 4.78 is 5.75. The summed E-state index contributed by atoms with van der Waals surface area (Å²) in [5.74, 6) is 1.46. The summed E-state index contributed by atoms with van der Waals surface area (Å²) in [5.41, 5.74) is 0. The van der Waals surface area contributed by atoms with Gasteiger partial charge in [0.1, 0.15) is 11.6 Å². The minimum Gasteiger partial charge on any atom is -0.486 e. The van der Waals surface area contributed by atoms with Crippen molar-refractivity contribution < 1.29 is 4.74 Å². The Balaban J connectivity index is 1.93. The average molecular weight is 288 g/mol. The molecule has 0 amide bonds. The summed E-state index contributed by atoms with van der Waals surface area (Å²) in [6.07, 6.45) is 1.60. The smallest absolute Gasteiger partial charge is 0.182 e. The van der Waals surface area contributed by atoms with Crippen LogP contribution in [0.4, 0.5) is 5.82 Å². The van der Waals surface area contributed by atoms with Gasteiger partial charge in [-0.25, -0.2) is 4.98 Å². The summed E-state index contributed by atoms with van der Waals surface area (Å²) >= 11 is 12.1. The first-order chi connectivity index (χ1) is 8.70. The Hall–Kier alpha value is -0.710. The van der Waals surface area contributed by atoms with Crippen molar-refractivity contribution in [1.29, 1.82) is 0 Å². The number of rotatable bonds is 1. The van der Waals surface area contributed by atoms with Crippen molar-refractivity contribution in [2.45, 2.75) is 13.0 Å². The number of nitrogens with zero attached hydrogens (tertiary/aromatic N) is 3. The number of hydrogen-bond acceptors (Lipinski definition) is 4. The zero-order valence-corrected chi connectivity index (χ0v) is 11.7. The molecule has 0 bridgehead atoms. The van der Waals surface area contributed by atoms with Gasteiger partial charge in [-0.3, -0.25) is 4.90 Å². The first-order valence-electron chi connectivity index (χ1n) is 6.16. The number of anilines is 1. The van der Waals surface area contributed by atoms with Gasteiger partial charge in [0.15, 0.2) is 11.6 Å². The predicted molar refractivity (Wildman–Crippen MR) is 73.0 cm³/mol. The zero-order chi connectivity index (χ0) is 12.7. The molecule has 0 spiro atoms. The molecule has 0 saturated carbocycles. The lowest BCUT2D eigenvalue weighted by molar-refractivity contribution is 0.171. The van der Waals surface area contributed by atoms with Crippen LogP contribution < -0.4 is 9.64 Å². The summed E-state index contributed by atoms with van der Waals surface area (Å²) in [4.78, 5) is 9.09. The zero-order valence-electron chi connectivity index (χ0n) is 10.2. The Morgan fingerprint density at radius 3 is 3.06 bits per heavy atom. The highest BCUT2D eigenvalue weighted by Crippen LogP contribution is 2.42. The van der Waals surface area contributed by atoms with Crippen LogP contribution in [0.5, 0.6) is 5.75 Å². The largest absolute Gasteiger partial charge is 0.486 e. The van der Waals surface area contributed by atoms with Crippen molar-refractivity contribution in [3.8, 4) is 5.75 Å². The Kier molecular flexibility index (Phi) is 3.26. The summed E-state index contributed by atoms with van der Waals surface area (Å²) in [5, 5.41) is 0.916. The van der Waals surface area contributed by atoms with E-state index in [2.05, 4.69) is 21.7 Å². The molecule has 1 saturated heterocycles. The molecule has 18 heavy (non-hydrogen) atoms. The first kappa shape index (κ1) is 12.3. The van der Waals surface area contributed by atoms with Gasteiger partial charge in [0.05, 0.1) is 11.1 Å². The minimum absolute atomic E-state index is 0.357. The van der Waals surface area contributed by atoms with E-state index in [9.17, 15) is 0 Å². The van der Waals surface area contributed by atoms with Crippen LogP contribution in [-0.2, 0) is 0 Å². The Morgan fingerprint density at radius 2 is 2.28 bits per heavy atom. The van der Waals surface area contributed by atoms with Crippen molar-refractivity contribution in [3.05, 3.63) is 16.2 Å². The molecule has 3 heterocycles. The van der Waals surface area contributed by atoms with Crippen LogP contribution >= 0.6 is 23.2 Å². The van der Waals surface area contributed by atoms with Crippen molar-refractivity contribution in [1.82, 2.24) is 9.88 Å². The molecule has 1 atom stereocenters. The van der Waals surface area contributed by atoms with Gasteiger partial charge in [0.2, 0.25) is 0 Å². The van der Waals surface area contributed by atoms with Gasteiger partial charge >= 0.3 is 0 Å². The van der Waals surface area contributed by atoms with Crippen LogP contribution in [0.3, 0.4) is 0 Å². The van der Waals surface area contributed by atoms with Gasteiger partial charge in [-0.1, -0.05) is 30.1 Å². The number of halogens is 2. The third kappa shape index (κ3) is 1.92. The average Bonchev–Trinajstić information content (AvgIpc) is 2.41. The van der Waals surface area contributed by atoms with Gasteiger partial charge in [-0.2, -0.15) is 0 Å². The maximum atomic E-state index is 6.16. The quantitative estimate of drug-likeness (QED) is 0.792. The molecule has 4 nitrogen and oxygen atoms in total. The molecule has 0 unspecified atom stereocenters. The molecule has 98 valence electrons. The van der Waals surface area contributed by atoms with E-state index in [1.807, 2.05) is 0 Å². The lowest BCUT2D eigenvalue weighted by Crippen LogP contribution is -2.57. The standard InChI is InChI=1S/C12H15Cl2N3O/c1-2-16-3-4-17-8(6-16)7-18-11-10(14)9(13)5-15-12(11)17/h5,8H,2-4,6-7H2,1H3/t8-/m0/s1. The first-order valence-corrected chi connectivity index (χ1v) is 6.92. The number of ether oxygens (including phenoxy) is 1. The van der Waals surface area contributed by atoms with Crippen LogP contribution in [0, 0.1) is 0 Å². The number of aromatic nitrogens is 1. The van der Waals surface area contributed by atoms with E-state index in [-0.39, 0.29) is 0 Å². The Labute approximate surface area is 116 Å². The summed E-state index contributed by atoms with van der Waals surface area (Å²) in [6, 6.07) is 0.357. The highest BCUT2D eigenvalue weighted by atomic mass is 35.5. The molecule has 0 aliphatic carbocycles. The minimum atomic E-state index is 0.357. The van der Waals surface area contributed by atoms with Crippen LogP contribution in [-0.4, -0.2) is 48.7 Å². The fraction of sp³-hybridized carbons (Fsp3) is 0.583. The molecule has 1 aromatic heterocycles. The third-order valence-electron chi connectivity index (χ3n) is 3.62. The topological polar surface area (TPSA) is 28.6 Å². The lowest BCUT2D eigenvalue weighted by atomic mass is 10.1. The molecule has 1 aromatic rings. The predicted octanol–water partition coefficient (Wildman–Crippen LogP) is 2.29. The molecular weight excluding hydrogens is 273 g/mol. The Bertz CT molecular complexity index is 469. The molecule has 0 radical (unpaired) electrons. The highest BCUT2D eigenvalue weighted by molar-refractivity contribution is 6.43. The SMILES string of the molecule is CCN1CCN2c3ncc(Cl)c(Cl)c3OC[C@@H]2C1. The molecule has 0 N–H and O–H groups in total. The maximum Gasteiger partial charge on any atom is 0.182 e. The molecular formula is C12H15Cl2N3O. The van der Waals surface area contributed by atoms with Crippen LogP contribution in [0.25, 0.3) is 0 Å². The summed E-state index contributed by atoms with van der Waals surface area (Å²) in [6.45, 7) is 6.92. The monoisotopic (exact) mass is 287 g/mol. The third-order valence-corrected chi connectivity index (χ3v) is 4.38. The van der Waals surface area contributed by atoms with E-state index in [1.165, 1.54) is 0 Å². The van der Waals surface area contributed by atoms with Crippen molar-refractivity contribution in [3.63, 3.8) is 0 Å². The normalized spacial score (nSPS) is 23.3. The number of pyridine rings is 1. The van der Waals surface area contributed by atoms with E-state index in [1.54, 1.807) is 6.20 Å². The van der Waals surface area contributed by atoms with Crippen LogP contribution in [0.1, 0.15) is 6.92 Å². The highest BCUT2D eigenvalue weighted by Gasteiger charge is 2.34. The number of hydrogen-bond donors (Lipinski definition) is 0. The van der Waals surface area contributed by atoms with E-state index in [4.69, 9.17) is 27.9 Å². The molecule has 2 aliphatic rings. The van der Waals surface area contributed by atoms with Crippen LogP contribution in [0.2, 0.25) is 10.0 Å². The van der Waals surface area contributed by atoms with E-state index < -0.39 is 0 Å². The fourth-order valence-corrected chi connectivity index (χ4v) is 2.90. The van der Waals surface area contributed by atoms with Crippen molar-refractivity contribution >= 4 is 29.0 Å². The second-order valence-corrected chi connectivity index (χ2v) is 5.41. The fourth-order valence-electron chi connectivity index (χ4n) is 2.58. The second kappa shape index (κ2) is 4.76. The number of piperazine rings is 1. The lowest BCUT2D eigenvalue weighted by Gasteiger charge is -2.44. The van der Waals surface area contributed by atoms with Crippen LogP contribution in [0.15, 0.2) is 6.20 Å². The van der Waals surface area contributed by atoms with Gasteiger partial charge in [0, 0.05) is 25.8 Å². The molecule has 6 heteroatoms. The van der Waals surface area contributed by atoms with E-state index in [0.717, 1.165) is 32.0 Å². The van der Waals surface area contributed by atoms with Gasteiger partial charge < -0.3 is 9.64 Å². The Morgan fingerprint density at radius 1 is 1.44 bits per heavy atom. The molecule has 3 rings (SSSR count). The van der Waals surface area contributed by atoms with Gasteiger partial charge in [-0.05, 0) is 6.54 Å². The summed E-state index contributed by atoms with van der Waals surface area (Å²) in [7, 11) is 0. The molecule has 1 fully saturated rings. The maximum absolute atomic E-state index is 6.16. The molecule has 2 aliphatic heterocycles. The number of fused-ring (bicyclic) bond motifs is 3. The molecule has 0 aromatic carbocycles.